The van der Waals surface area contributed by atoms with E-state index >= 15 is 0 Å². The van der Waals surface area contributed by atoms with Crippen molar-refractivity contribution in [3.05, 3.63) is 101 Å². The molecule has 1 aliphatic rings. The van der Waals surface area contributed by atoms with Crippen molar-refractivity contribution in [2.45, 2.75) is 18.9 Å². The number of hydrogen-bond acceptors (Lipinski definition) is 2. The lowest BCUT2D eigenvalue weighted by Crippen LogP contribution is -2.36. The predicted octanol–water partition coefficient (Wildman–Crippen LogP) is 4.79. The van der Waals surface area contributed by atoms with E-state index in [0.717, 1.165) is 17.7 Å². The van der Waals surface area contributed by atoms with Crippen LogP contribution in [0.5, 0.6) is 0 Å². The number of nitrogens with zero attached hydrogens (tertiary/aromatic N) is 1. The minimum absolute atomic E-state index is 0.0109. The maximum Gasteiger partial charge on any atom is 0.253 e. The van der Waals surface area contributed by atoms with Crippen molar-refractivity contribution >= 4 is 29.1 Å². The Morgan fingerprint density at radius 1 is 0.931 bits per heavy atom. The summed E-state index contributed by atoms with van der Waals surface area (Å²) in [6.45, 7) is 0.665. The van der Waals surface area contributed by atoms with Crippen LogP contribution in [0.3, 0.4) is 0 Å². The molecule has 4 nitrogen and oxygen atoms in total. The van der Waals surface area contributed by atoms with Gasteiger partial charge in [-0.2, -0.15) is 0 Å². The van der Waals surface area contributed by atoms with Crippen LogP contribution >= 0.6 is 11.6 Å². The molecule has 0 fully saturated rings. The van der Waals surface area contributed by atoms with Gasteiger partial charge in [-0.15, -0.1) is 0 Å². The van der Waals surface area contributed by atoms with Crippen molar-refractivity contribution in [3.8, 4) is 0 Å². The lowest BCUT2D eigenvalue weighted by Gasteiger charge is -2.23. The molecule has 0 radical (unpaired) electrons. The monoisotopic (exact) mass is 404 g/mol. The van der Waals surface area contributed by atoms with Crippen molar-refractivity contribution in [1.82, 2.24) is 5.32 Å². The molecule has 2 amide bonds. The molecule has 0 aliphatic carbocycles. The van der Waals surface area contributed by atoms with Gasteiger partial charge < -0.3 is 10.2 Å². The summed E-state index contributed by atoms with van der Waals surface area (Å²) in [4.78, 5) is 27.8. The molecule has 0 spiro atoms. The zero-order chi connectivity index (χ0) is 20.2. The number of anilines is 1. The molecule has 0 saturated carbocycles. The first-order valence-electron chi connectivity index (χ1n) is 9.62. The lowest BCUT2D eigenvalue weighted by molar-refractivity contribution is -0.119. The smallest absolute Gasteiger partial charge is 0.253 e. The molecule has 5 heteroatoms. The first-order chi connectivity index (χ1) is 14.1. The van der Waals surface area contributed by atoms with Crippen LogP contribution in [0.25, 0.3) is 0 Å². The summed E-state index contributed by atoms with van der Waals surface area (Å²) in [5.41, 5.74) is 3.42. The first kappa shape index (κ1) is 19.2. The largest absolute Gasteiger partial charge is 0.345 e. The summed E-state index contributed by atoms with van der Waals surface area (Å²) < 4.78 is 0. The SMILES string of the molecule is O=C(N[C@@H](CC(=O)N1CCc2ccccc21)c1ccccc1)c1ccccc1Cl. The number of para-hydroxylation sites is 1. The summed E-state index contributed by atoms with van der Waals surface area (Å²) in [6.07, 6.45) is 1.03. The molecule has 1 aliphatic heterocycles. The van der Waals surface area contributed by atoms with Gasteiger partial charge in [0.2, 0.25) is 5.91 Å². The van der Waals surface area contributed by atoms with E-state index in [9.17, 15) is 9.59 Å². The fourth-order valence-electron chi connectivity index (χ4n) is 3.70. The van der Waals surface area contributed by atoms with Gasteiger partial charge in [0.05, 0.1) is 23.0 Å². The van der Waals surface area contributed by atoms with Gasteiger partial charge in [0.25, 0.3) is 5.91 Å². The van der Waals surface area contributed by atoms with Gasteiger partial charge in [-0.3, -0.25) is 9.59 Å². The Morgan fingerprint density at radius 2 is 1.62 bits per heavy atom. The molecule has 0 saturated heterocycles. The van der Waals surface area contributed by atoms with E-state index in [2.05, 4.69) is 11.4 Å². The number of amides is 2. The Kier molecular flexibility index (Phi) is 5.63. The highest BCUT2D eigenvalue weighted by Crippen LogP contribution is 2.30. The Bertz CT molecular complexity index is 1040. The van der Waals surface area contributed by atoms with Crippen LogP contribution in [-0.4, -0.2) is 18.4 Å². The van der Waals surface area contributed by atoms with Crippen LogP contribution in [0.15, 0.2) is 78.9 Å². The quantitative estimate of drug-likeness (QED) is 0.664. The number of hydrogen-bond donors (Lipinski definition) is 1. The van der Waals surface area contributed by atoms with Crippen LogP contribution in [0.4, 0.5) is 5.69 Å². The minimum atomic E-state index is -0.444. The number of carbonyl (C=O) groups excluding carboxylic acids is 2. The van der Waals surface area contributed by atoms with E-state index in [4.69, 9.17) is 11.6 Å². The molecule has 146 valence electrons. The Hall–Kier alpha value is -3.11. The molecular weight excluding hydrogens is 384 g/mol. The molecule has 0 bridgehead atoms. The van der Waals surface area contributed by atoms with Crippen LogP contribution in [0.2, 0.25) is 5.02 Å². The van der Waals surface area contributed by atoms with E-state index in [1.165, 1.54) is 5.56 Å². The van der Waals surface area contributed by atoms with Crippen LogP contribution in [0.1, 0.15) is 33.9 Å². The molecular formula is C24H21ClN2O2. The molecule has 4 rings (SSSR count). The van der Waals surface area contributed by atoms with Crippen LogP contribution in [0, 0.1) is 0 Å². The molecule has 1 atom stereocenters. The summed E-state index contributed by atoms with van der Waals surface area (Å²) in [6, 6.07) is 24.0. The van der Waals surface area contributed by atoms with Gasteiger partial charge in [-0.25, -0.2) is 0 Å². The summed E-state index contributed by atoms with van der Waals surface area (Å²) >= 11 is 6.18. The lowest BCUT2D eigenvalue weighted by atomic mass is 10.0. The van der Waals surface area contributed by atoms with E-state index in [0.29, 0.717) is 17.1 Å². The van der Waals surface area contributed by atoms with E-state index in [1.54, 1.807) is 24.3 Å². The number of halogens is 1. The van der Waals surface area contributed by atoms with Gasteiger partial charge >= 0.3 is 0 Å². The van der Waals surface area contributed by atoms with E-state index < -0.39 is 6.04 Å². The molecule has 3 aromatic rings. The summed E-state index contributed by atoms with van der Waals surface area (Å²) in [7, 11) is 0. The molecule has 3 aromatic carbocycles. The number of carbonyl (C=O) groups is 2. The van der Waals surface area contributed by atoms with Crippen molar-refractivity contribution in [1.29, 1.82) is 0 Å². The molecule has 1 N–H and O–H groups in total. The second kappa shape index (κ2) is 8.50. The second-order valence-electron chi connectivity index (χ2n) is 7.04. The number of fused-ring (bicyclic) bond motifs is 1. The zero-order valence-electron chi connectivity index (χ0n) is 15.8. The van der Waals surface area contributed by atoms with Gasteiger partial charge in [0.15, 0.2) is 0 Å². The highest BCUT2D eigenvalue weighted by atomic mass is 35.5. The third kappa shape index (κ3) is 4.17. The molecule has 29 heavy (non-hydrogen) atoms. The average Bonchev–Trinajstić information content (AvgIpc) is 3.18. The topological polar surface area (TPSA) is 49.4 Å². The van der Waals surface area contributed by atoms with E-state index in [-0.39, 0.29) is 18.2 Å². The third-order valence-electron chi connectivity index (χ3n) is 5.19. The number of benzene rings is 3. The number of rotatable bonds is 5. The summed E-state index contributed by atoms with van der Waals surface area (Å²) in [5.74, 6) is -0.303. The molecule has 0 unspecified atom stereocenters. The van der Waals surface area contributed by atoms with Gasteiger partial charge in [0.1, 0.15) is 0 Å². The Balaban J connectivity index is 1.56. The number of nitrogens with one attached hydrogen (secondary N) is 1. The molecule has 0 aromatic heterocycles. The normalized spacial score (nSPS) is 13.6. The maximum absolute atomic E-state index is 13.1. The highest BCUT2D eigenvalue weighted by molar-refractivity contribution is 6.33. The maximum atomic E-state index is 13.1. The van der Waals surface area contributed by atoms with Crippen molar-refractivity contribution in [2.75, 3.05) is 11.4 Å². The minimum Gasteiger partial charge on any atom is -0.345 e. The van der Waals surface area contributed by atoms with Crippen molar-refractivity contribution in [3.63, 3.8) is 0 Å². The predicted molar refractivity (Wildman–Crippen MR) is 115 cm³/mol. The second-order valence-corrected chi connectivity index (χ2v) is 7.45. The van der Waals surface area contributed by atoms with Crippen LogP contribution in [-0.2, 0) is 11.2 Å². The third-order valence-corrected chi connectivity index (χ3v) is 5.52. The van der Waals surface area contributed by atoms with Crippen LogP contribution < -0.4 is 10.2 Å². The van der Waals surface area contributed by atoms with Gasteiger partial charge in [0, 0.05) is 12.2 Å². The fourth-order valence-corrected chi connectivity index (χ4v) is 3.92. The fraction of sp³-hybridized carbons (Fsp3) is 0.167. The first-order valence-corrected chi connectivity index (χ1v) is 10.00. The highest BCUT2D eigenvalue weighted by Gasteiger charge is 2.28. The molecule has 1 heterocycles. The standard InChI is InChI=1S/C24H21ClN2O2/c25-20-12-6-5-11-19(20)24(29)26-21(17-8-2-1-3-9-17)16-23(28)27-15-14-18-10-4-7-13-22(18)27/h1-13,21H,14-16H2,(H,26,29)/t21-/m0/s1. The Morgan fingerprint density at radius 3 is 2.41 bits per heavy atom. The van der Waals surface area contributed by atoms with Gasteiger partial charge in [-0.1, -0.05) is 72.3 Å². The zero-order valence-corrected chi connectivity index (χ0v) is 16.6. The van der Waals surface area contributed by atoms with Crippen molar-refractivity contribution in [2.24, 2.45) is 0 Å². The van der Waals surface area contributed by atoms with E-state index in [1.807, 2.05) is 53.4 Å². The van der Waals surface area contributed by atoms with Gasteiger partial charge in [-0.05, 0) is 35.7 Å². The average molecular weight is 405 g/mol. The Labute approximate surface area is 175 Å². The van der Waals surface area contributed by atoms with Crippen molar-refractivity contribution < 1.29 is 9.59 Å². The summed E-state index contributed by atoms with van der Waals surface area (Å²) in [5, 5.41) is 3.38.